The normalized spacial score (nSPS) is 25.6. The van der Waals surface area contributed by atoms with E-state index in [1.807, 2.05) is 10.6 Å². The van der Waals surface area contributed by atoms with Crippen molar-refractivity contribution < 1.29 is 9.47 Å². The van der Waals surface area contributed by atoms with Crippen LogP contribution < -0.4 is 20.5 Å². The fourth-order valence-electron chi connectivity index (χ4n) is 4.73. The van der Waals surface area contributed by atoms with Crippen molar-refractivity contribution >= 4 is 11.9 Å². The number of nitrogens with zero attached hydrogens (tertiary/aromatic N) is 5. The van der Waals surface area contributed by atoms with E-state index in [1.165, 1.54) is 0 Å². The number of hydrogen-bond donors (Lipinski definition) is 1. The number of pyridine rings is 1. The molecule has 0 aliphatic carbocycles. The first-order valence-electron chi connectivity index (χ1n) is 10.3. The maximum atomic E-state index is 12.2. The molecule has 9 heteroatoms. The van der Waals surface area contributed by atoms with Crippen molar-refractivity contribution in [2.75, 3.05) is 43.6 Å². The quantitative estimate of drug-likeness (QED) is 0.804. The van der Waals surface area contributed by atoms with E-state index in [0.717, 1.165) is 51.2 Å². The Morgan fingerprint density at radius 2 is 2.17 bits per heavy atom. The highest BCUT2D eigenvalue weighted by atomic mass is 16.5. The van der Waals surface area contributed by atoms with Crippen molar-refractivity contribution in [2.45, 2.75) is 37.8 Å². The van der Waals surface area contributed by atoms with E-state index in [-0.39, 0.29) is 11.7 Å². The lowest BCUT2D eigenvalue weighted by atomic mass is 9.83. The number of fused-ring (bicyclic) bond motifs is 4. The summed E-state index contributed by atoms with van der Waals surface area (Å²) in [4.78, 5) is 27.9. The molecule has 29 heavy (non-hydrogen) atoms. The predicted octanol–water partition coefficient (Wildman–Crippen LogP) is 1.26. The monoisotopic (exact) mass is 398 g/mol. The lowest BCUT2D eigenvalue weighted by Gasteiger charge is -2.42. The Bertz CT molecular complexity index is 942. The second-order valence-electron chi connectivity index (χ2n) is 8.06. The van der Waals surface area contributed by atoms with Gasteiger partial charge < -0.3 is 24.3 Å². The molecule has 2 fully saturated rings. The van der Waals surface area contributed by atoms with Crippen LogP contribution in [0, 0.1) is 5.92 Å². The molecule has 154 valence electrons. The van der Waals surface area contributed by atoms with E-state index in [1.54, 1.807) is 13.2 Å². The minimum absolute atomic E-state index is 0.0908. The van der Waals surface area contributed by atoms with Crippen LogP contribution in [0.1, 0.15) is 30.9 Å². The highest BCUT2D eigenvalue weighted by molar-refractivity contribution is 5.40. The van der Waals surface area contributed by atoms with Crippen LogP contribution in [-0.4, -0.2) is 59.0 Å². The maximum Gasteiger partial charge on any atom is 0.322 e. The van der Waals surface area contributed by atoms with Gasteiger partial charge in [-0.25, -0.2) is 0 Å². The minimum Gasteiger partial charge on any atom is -0.467 e. The Labute approximate surface area is 169 Å². The fourth-order valence-corrected chi connectivity index (χ4v) is 4.73. The number of ether oxygens (including phenoxy) is 2. The van der Waals surface area contributed by atoms with Crippen LogP contribution in [0.4, 0.5) is 11.9 Å². The number of methoxy groups -OCH3 is 1. The Hall–Kier alpha value is -2.68. The molecule has 3 aliphatic rings. The zero-order valence-corrected chi connectivity index (χ0v) is 16.6. The molecular formula is C20H26N6O3. The van der Waals surface area contributed by atoms with Crippen LogP contribution in [0.5, 0.6) is 6.01 Å². The van der Waals surface area contributed by atoms with Crippen LogP contribution in [-0.2, 0) is 11.3 Å². The standard InChI is InChI=1S/C20H26N6O3/c1-28-20-23-18(21-9-15-4-3-7-29-15)22-19(24-20)25-10-13-8-14(12-25)16-5-2-6-17(27)26(16)11-13/h2,5-6,13-15H,3-4,7-12H2,1H3,(H,21,22,23,24)/t13-,14+,15+/m1/s1. The lowest BCUT2D eigenvalue weighted by Crippen LogP contribution is -2.47. The first-order chi connectivity index (χ1) is 14.2. The third-order valence-corrected chi connectivity index (χ3v) is 6.06. The predicted molar refractivity (Wildman–Crippen MR) is 108 cm³/mol. The van der Waals surface area contributed by atoms with Gasteiger partial charge in [-0.05, 0) is 31.2 Å². The van der Waals surface area contributed by atoms with Gasteiger partial charge in [0.2, 0.25) is 11.9 Å². The Balaban J connectivity index is 1.38. The molecule has 0 unspecified atom stereocenters. The third-order valence-electron chi connectivity index (χ3n) is 6.06. The smallest absolute Gasteiger partial charge is 0.322 e. The van der Waals surface area contributed by atoms with Gasteiger partial charge in [0, 0.05) is 50.5 Å². The highest BCUT2D eigenvalue weighted by Gasteiger charge is 2.35. The molecule has 0 spiro atoms. The second kappa shape index (κ2) is 7.62. The van der Waals surface area contributed by atoms with Crippen molar-refractivity contribution in [1.82, 2.24) is 19.5 Å². The average molecular weight is 398 g/mol. The summed E-state index contributed by atoms with van der Waals surface area (Å²) in [5, 5.41) is 3.27. The van der Waals surface area contributed by atoms with Crippen molar-refractivity contribution in [3.8, 4) is 6.01 Å². The zero-order chi connectivity index (χ0) is 19.8. The van der Waals surface area contributed by atoms with Crippen molar-refractivity contribution in [2.24, 2.45) is 5.92 Å². The Kier molecular flexibility index (Phi) is 4.83. The molecule has 1 N–H and O–H groups in total. The molecule has 3 aliphatic heterocycles. The second-order valence-corrected chi connectivity index (χ2v) is 8.06. The van der Waals surface area contributed by atoms with Crippen molar-refractivity contribution in [3.63, 3.8) is 0 Å². The van der Waals surface area contributed by atoms with Crippen LogP contribution in [0.2, 0.25) is 0 Å². The third kappa shape index (κ3) is 3.66. The molecular weight excluding hydrogens is 372 g/mol. The molecule has 2 bridgehead atoms. The van der Waals surface area contributed by atoms with Gasteiger partial charge in [0.05, 0.1) is 13.2 Å². The number of rotatable bonds is 5. The van der Waals surface area contributed by atoms with Crippen LogP contribution >= 0.6 is 0 Å². The van der Waals surface area contributed by atoms with E-state index in [9.17, 15) is 4.79 Å². The summed E-state index contributed by atoms with van der Waals surface area (Å²) in [7, 11) is 1.57. The van der Waals surface area contributed by atoms with E-state index in [4.69, 9.17) is 9.47 Å². The molecule has 0 amide bonds. The zero-order valence-electron chi connectivity index (χ0n) is 16.6. The van der Waals surface area contributed by atoms with Crippen molar-refractivity contribution in [3.05, 3.63) is 34.2 Å². The molecule has 0 aromatic carbocycles. The molecule has 5 rings (SSSR count). The lowest BCUT2D eigenvalue weighted by molar-refractivity contribution is 0.120. The van der Waals surface area contributed by atoms with Gasteiger partial charge in [0.25, 0.3) is 5.56 Å². The molecule has 9 nitrogen and oxygen atoms in total. The SMILES string of the molecule is COc1nc(NC[C@@H]2CCCO2)nc(N2C[C@H]3C[C@@H](C2)c2cccc(=O)n2C3)n1. The number of hydrogen-bond acceptors (Lipinski definition) is 8. The largest absolute Gasteiger partial charge is 0.467 e. The summed E-state index contributed by atoms with van der Waals surface area (Å²) >= 11 is 0. The van der Waals surface area contributed by atoms with E-state index >= 15 is 0 Å². The molecule has 3 atom stereocenters. The van der Waals surface area contributed by atoms with Gasteiger partial charge in [-0.1, -0.05) is 6.07 Å². The van der Waals surface area contributed by atoms with Crippen LogP contribution in [0.15, 0.2) is 23.0 Å². The topological polar surface area (TPSA) is 94.4 Å². The van der Waals surface area contributed by atoms with Gasteiger partial charge in [-0.3, -0.25) is 4.79 Å². The first kappa shape index (κ1) is 18.4. The summed E-state index contributed by atoms with van der Waals surface area (Å²) < 4.78 is 12.9. The maximum absolute atomic E-state index is 12.2. The fraction of sp³-hybridized carbons (Fsp3) is 0.600. The molecule has 5 heterocycles. The summed E-state index contributed by atoms with van der Waals surface area (Å²) in [5.74, 6) is 1.82. The summed E-state index contributed by atoms with van der Waals surface area (Å²) in [5.41, 5.74) is 1.20. The van der Waals surface area contributed by atoms with Crippen LogP contribution in [0.25, 0.3) is 0 Å². The van der Waals surface area contributed by atoms with Crippen LogP contribution in [0.3, 0.4) is 0 Å². The average Bonchev–Trinajstić information content (AvgIpc) is 3.26. The summed E-state index contributed by atoms with van der Waals surface area (Å²) in [6.07, 6.45) is 3.44. The number of anilines is 2. The molecule has 0 saturated carbocycles. The van der Waals surface area contributed by atoms with E-state index < -0.39 is 0 Å². The Morgan fingerprint density at radius 1 is 1.24 bits per heavy atom. The Morgan fingerprint density at radius 3 is 3.00 bits per heavy atom. The molecule has 2 saturated heterocycles. The summed E-state index contributed by atoms with van der Waals surface area (Å²) in [6.45, 7) is 3.83. The van der Waals surface area contributed by atoms with Gasteiger partial charge in [-0.15, -0.1) is 0 Å². The molecule has 2 aromatic heterocycles. The van der Waals surface area contributed by atoms with Gasteiger partial charge in [-0.2, -0.15) is 15.0 Å². The number of aromatic nitrogens is 4. The summed E-state index contributed by atoms with van der Waals surface area (Å²) in [6, 6.07) is 5.86. The molecule has 2 aromatic rings. The first-order valence-corrected chi connectivity index (χ1v) is 10.3. The van der Waals surface area contributed by atoms with Gasteiger partial charge in [0.1, 0.15) is 0 Å². The van der Waals surface area contributed by atoms with Crippen molar-refractivity contribution in [1.29, 1.82) is 0 Å². The minimum atomic E-state index is 0.0908. The van der Waals surface area contributed by atoms with E-state index in [0.29, 0.717) is 36.3 Å². The molecule has 0 radical (unpaired) electrons. The number of nitrogens with one attached hydrogen (secondary N) is 1. The van der Waals surface area contributed by atoms with Gasteiger partial charge >= 0.3 is 6.01 Å². The van der Waals surface area contributed by atoms with Gasteiger partial charge in [0.15, 0.2) is 0 Å². The number of piperidine rings is 1. The highest BCUT2D eigenvalue weighted by Crippen LogP contribution is 2.36. The van der Waals surface area contributed by atoms with E-state index in [2.05, 4.69) is 31.2 Å².